The predicted molar refractivity (Wildman–Crippen MR) is 89.6 cm³/mol. The van der Waals surface area contributed by atoms with Gasteiger partial charge < -0.3 is 24.4 Å². The van der Waals surface area contributed by atoms with Gasteiger partial charge in [-0.25, -0.2) is 0 Å². The number of fused-ring (bicyclic) bond motifs is 1. The summed E-state index contributed by atoms with van der Waals surface area (Å²) in [5.41, 5.74) is 1.35. The van der Waals surface area contributed by atoms with Gasteiger partial charge in [0, 0.05) is 12.1 Å². The largest absolute Gasteiger partial charge is 0.454 e. The third kappa shape index (κ3) is 3.22. The Morgan fingerprint density at radius 2 is 1.96 bits per heavy atom. The number of aromatic nitrogens is 2. The Kier molecular flexibility index (Phi) is 4.24. The standard InChI is InChI=1S/C18H15N3O5/c22-13(11-4-2-1-3-5-11)9-19-17(23)18-20-16(21-26-18)12-6-7-14-15(8-12)25-10-24-14/h1-8,13,22H,9-10H2,(H,19,23). The van der Waals surface area contributed by atoms with Crippen molar-refractivity contribution in [2.75, 3.05) is 13.3 Å². The van der Waals surface area contributed by atoms with Gasteiger partial charge in [0.2, 0.25) is 12.6 Å². The number of amides is 1. The molecule has 1 amide bonds. The molecule has 1 aliphatic heterocycles. The van der Waals surface area contributed by atoms with Crippen LogP contribution < -0.4 is 14.8 Å². The van der Waals surface area contributed by atoms with E-state index in [0.717, 1.165) is 0 Å². The molecule has 3 aromatic rings. The molecular weight excluding hydrogens is 338 g/mol. The molecule has 0 spiro atoms. The first-order chi connectivity index (χ1) is 12.7. The first kappa shape index (κ1) is 16.1. The summed E-state index contributed by atoms with van der Waals surface area (Å²) >= 11 is 0. The first-order valence-electron chi connectivity index (χ1n) is 7.95. The molecule has 2 aromatic carbocycles. The number of rotatable bonds is 5. The van der Waals surface area contributed by atoms with Gasteiger partial charge >= 0.3 is 11.8 Å². The van der Waals surface area contributed by atoms with Crippen molar-refractivity contribution in [1.29, 1.82) is 0 Å². The lowest BCUT2D eigenvalue weighted by molar-refractivity contribution is 0.0873. The molecule has 0 saturated carbocycles. The number of ether oxygens (including phenoxy) is 2. The fraction of sp³-hybridized carbons (Fsp3) is 0.167. The van der Waals surface area contributed by atoms with Gasteiger partial charge in [0.05, 0.1) is 6.10 Å². The van der Waals surface area contributed by atoms with Gasteiger partial charge in [0.1, 0.15) is 0 Å². The second kappa shape index (κ2) is 6.85. The summed E-state index contributed by atoms with van der Waals surface area (Å²) in [6.07, 6.45) is -0.823. The molecule has 0 bridgehead atoms. The Balaban J connectivity index is 1.42. The molecule has 8 nitrogen and oxygen atoms in total. The van der Waals surface area contributed by atoms with Crippen LogP contribution in [0.4, 0.5) is 0 Å². The van der Waals surface area contributed by atoms with Gasteiger partial charge in [-0.2, -0.15) is 4.98 Å². The minimum atomic E-state index is -0.823. The molecule has 1 unspecified atom stereocenters. The van der Waals surface area contributed by atoms with E-state index in [4.69, 9.17) is 14.0 Å². The molecule has 0 aliphatic carbocycles. The van der Waals surface area contributed by atoms with Crippen LogP contribution in [0.25, 0.3) is 11.4 Å². The third-order valence-electron chi connectivity index (χ3n) is 3.89. The normalized spacial score (nSPS) is 13.4. The SMILES string of the molecule is O=C(NCC(O)c1ccccc1)c1nc(-c2ccc3c(c2)OCO3)no1. The van der Waals surface area contributed by atoms with E-state index in [-0.39, 0.29) is 25.1 Å². The van der Waals surface area contributed by atoms with E-state index >= 15 is 0 Å². The van der Waals surface area contributed by atoms with Crippen LogP contribution in [0.15, 0.2) is 53.1 Å². The number of carbonyl (C=O) groups excluding carboxylic acids is 1. The van der Waals surface area contributed by atoms with Gasteiger partial charge in [-0.1, -0.05) is 35.5 Å². The lowest BCUT2D eigenvalue weighted by Gasteiger charge is -2.10. The highest BCUT2D eigenvalue weighted by atomic mass is 16.7. The zero-order valence-electron chi connectivity index (χ0n) is 13.6. The summed E-state index contributed by atoms with van der Waals surface area (Å²) in [6, 6.07) is 14.2. The van der Waals surface area contributed by atoms with E-state index in [2.05, 4.69) is 15.5 Å². The molecule has 26 heavy (non-hydrogen) atoms. The lowest BCUT2D eigenvalue weighted by atomic mass is 10.1. The predicted octanol–water partition coefficient (Wildman–Crippen LogP) is 1.93. The van der Waals surface area contributed by atoms with E-state index in [1.54, 1.807) is 30.3 Å². The highest BCUT2D eigenvalue weighted by Crippen LogP contribution is 2.35. The number of nitrogens with one attached hydrogen (secondary N) is 1. The summed E-state index contributed by atoms with van der Waals surface area (Å²) in [6.45, 7) is 0.201. The average Bonchev–Trinajstić information content (AvgIpc) is 3.35. The van der Waals surface area contributed by atoms with Gasteiger partial charge in [-0.15, -0.1) is 0 Å². The average molecular weight is 353 g/mol. The van der Waals surface area contributed by atoms with Crippen molar-refractivity contribution in [1.82, 2.24) is 15.5 Å². The molecule has 8 heteroatoms. The maximum atomic E-state index is 12.1. The molecule has 0 saturated heterocycles. The van der Waals surface area contributed by atoms with Crippen molar-refractivity contribution in [2.45, 2.75) is 6.10 Å². The van der Waals surface area contributed by atoms with Gasteiger partial charge in [-0.05, 0) is 23.8 Å². The first-order valence-corrected chi connectivity index (χ1v) is 7.95. The van der Waals surface area contributed by atoms with Crippen LogP contribution in [0.1, 0.15) is 22.4 Å². The van der Waals surface area contributed by atoms with Crippen LogP contribution in [0.5, 0.6) is 11.5 Å². The number of nitrogens with zero attached hydrogens (tertiary/aromatic N) is 2. The minimum Gasteiger partial charge on any atom is -0.454 e. The molecule has 132 valence electrons. The summed E-state index contributed by atoms with van der Waals surface area (Å²) in [4.78, 5) is 16.2. The number of hydrogen-bond acceptors (Lipinski definition) is 7. The molecule has 1 aromatic heterocycles. The number of hydrogen-bond donors (Lipinski definition) is 2. The molecule has 0 fully saturated rings. The zero-order chi connectivity index (χ0) is 17.9. The molecule has 4 rings (SSSR count). The maximum absolute atomic E-state index is 12.1. The summed E-state index contributed by atoms with van der Waals surface area (Å²) in [5, 5.41) is 16.5. The van der Waals surface area contributed by atoms with Crippen molar-refractivity contribution in [3.63, 3.8) is 0 Å². The monoisotopic (exact) mass is 353 g/mol. The summed E-state index contributed by atoms with van der Waals surface area (Å²) < 4.78 is 15.6. The molecule has 2 heterocycles. The smallest absolute Gasteiger partial charge is 0.316 e. The van der Waals surface area contributed by atoms with Gasteiger partial charge in [-0.3, -0.25) is 4.79 Å². The topological polar surface area (TPSA) is 107 Å². The van der Waals surface area contributed by atoms with Crippen molar-refractivity contribution >= 4 is 5.91 Å². The molecule has 1 aliphatic rings. The second-order valence-electron chi connectivity index (χ2n) is 5.63. The number of aliphatic hydroxyl groups excluding tert-OH is 1. The van der Waals surface area contributed by atoms with Crippen molar-refractivity contribution in [3.8, 4) is 22.9 Å². The van der Waals surface area contributed by atoms with Crippen molar-refractivity contribution < 1.29 is 23.9 Å². The van der Waals surface area contributed by atoms with Crippen LogP contribution in [0, 0.1) is 0 Å². The molecule has 2 N–H and O–H groups in total. The minimum absolute atomic E-state index is 0.0323. The van der Waals surface area contributed by atoms with Crippen LogP contribution in [-0.2, 0) is 0 Å². The Hall–Kier alpha value is -3.39. The van der Waals surface area contributed by atoms with Crippen LogP contribution in [0.3, 0.4) is 0 Å². The Labute approximate surface area is 148 Å². The van der Waals surface area contributed by atoms with Gasteiger partial charge in [0.15, 0.2) is 11.5 Å². The van der Waals surface area contributed by atoms with E-state index in [1.165, 1.54) is 0 Å². The molecular formula is C18H15N3O5. The summed E-state index contributed by atoms with van der Waals surface area (Å²) in [5.74, 6) is 0.754. The Morgan fingerprint density at radius 1 is 1.15 bits per heavy atom. The highest BCUT2D eigenvalue weighted by Gasteiger charge is 2.20. The molecule has 1 atom stereocenters. The van der Waals surface area contributed by atoms with Crippen LogP contribution in [0.2, 0.25) is 0 Å². The highest BCUT2D eigenvalue weighted by molar-refractivity contribution is 5.89. The van der Waals surface area contributed by atoms with Crippen molar-refractivity contribution in [3.05, 3.63) is 60.0 Å². The molecule has 0 radical (unpaired) electrons. The van der Waals surface area contributed by atoms with E-state index in [9.17, 15) is 9.90 Å². The van der Waals surface area contributed by atoms with E-state index in [0.29, 0.717) is 22.6 Å². The van der Waals surface area contributed by atoms with E-state index in [1.807, 2.05) is 18.2 Å². The van der Waals surface area contributed by atoms with E-state index < -0.39 is 12.0 Å². The van der Waals surface area contributed by atoms with Crippen molar-refractivity contribution in [2.24, 2.45) is 0 Å². The lowest BCUT2D eigenvalue weighted by Crippen LogP contribution is -2.28. The van der Waals surface area contributed by atoms with Crippen LogP contribution >= 0.6 is 0 Å². The third-order valence-corrected chi connectivity index (χ3v) is 3.89. The number of benzene rings is 2. The van der Waals surface area contributed by atoms with Crippen LogP contribution in [-0.4, -0.2) is 34.5 Å². The number of carbonyl (C=O) groups is 1. The zero-order valence-corrected chi connectivity index (χ0v) is 13.6. The Bertz CT molecular complexity index is 926. The Morgan fingerprint density at radius 3 is 2.81 bits per heavy atom. The second-order valence-corrected chi connectivity index (χ2v) is 5.63. The quantitative estimate of drug-likeness (QED) is 0.722. The fourth-order valence-electron chi connectivity index (χ4n) is 2.53. The maximum Gasteiger partial charge on any atom is 0.316 e. The fourth-order valence-corrected chi connectivity index (χ4v) is 2.53. The van der Waals surface area contributed by atoms with Gasteiger partial charge in [0.25, 0.3) is 0 Å². The summed E-state index contributed by atoms with van der Waals surface area (Å²) in [7, 11) is 0. The number of aliphatic hydroxyl groups is 1.